The summed E-state index contributed by atoms with van der Waals surface area (Å²) in [4.78, 5) is 20.7. The summed E-state index contributed by atoms with van der Waals surface area (Å²) in [5, 5.41) is 35.5. The van der Waals surface area contributed by atoms with Crippen LogP contribution in [0, 0.1) is 0 Å². The van der Waals surface area contributed by atoms with E-state index in [1.165, 1.54) is 0 Å². The molecular formula is C10H10O9S. The predicted molar refractivity (Wildman–Crippen MR) is 62.1 cm³/mol. The normalized spacial score (nSPS) is 11.6. The lowest BCUT2D eigenvalue weighted by Gasteiger charge is -2.13. The Balaban J connectivity index is 3.80. The molecule has 0 spiro atoms. The number of aromatic carboxylic acids is 2. The van der Waals surface area contributed by atoms with Gasteiger partial charge < -0.3 is 20.4 Å². The summed E-state index contributed by atoms with van der Waals surface area (Å²) in [5.74, 6) is -3.58. The second-order valence-electron chi connectivity index (χ2n) is 3.75. The van der Waals surface area contributed by atoms with Crippen LogP contribution in [0.5, 0.6) is 0 Å². The van der Waals surface area contributed by atoms with Gasteiger partial charge in [0.2, 0.25) is 0 Å². The zero-order valence-electron chi connectivity index (χ0n) is 9.72. The second-order valence-corrected chi connectivity index (χ2v) is 5.10. The number of aliphatic hydroxyl groups is 2. The highest BCUT2D eigenvalue weighted by molar-refractivity contribution is 7.86. The van der Waals surface area contributed by atoms with E-state index >= 15 is 0 Å². The number of carbonyl (C=O) groups is 2. The van der Waals surface area contributed by atoms with E-state index in [0.29, 0.717) is 0 Å². The van der Waals surface area contributed by atoms with Gasteiger partial charge in [-0.1, -0.05) is 6.07 Å². The fourth-order valence-electron chi connectivity index (χ4n) is 1.66. The van der Waals surface area contributed by atoms with E-state index in [1.54, 1.807) is 0 Å². The summed E-state index contributed by atoms with van der Waals surface area (Å²) in [6, 6.07) is 1.69. The molecule has 0 aliphatic carbocycles. The third kappa shape index (κ3) is 3.30. The van der Waals surface area contributed by atoms with Crippen LogP contribution in [-0.2, 0) is 16.5 Å². The van der Waals surface area contributed by atoms with E-state index in [9.17, 15) is 18.0 Å². The van der Waals surface area contributed by atoms with Gasteiger partial charge in [0.15, 0.2) is 6.29 Å². The third-order valence-corrected chi connectivity index (χ3v) is 3.29. The molecule has 0 aliphatic heterocycles. The molecule has 0 amide bonds. The summed E-state index contributed by atoms with van der Waals surface area (Å²) in [7, 11) is -5.14. The lowest BCUT2D eigenvalue weighted by Crippen LogP contribution is -2.19. The molecule has 0 aromatic heterocycles. The van der Waals surface area contributed by atoms with Gasteiger partial charge in [0.1, 0.15) is 4.90 Å². The Morgan fingerprint density at radius 3 is 2.00 bits per heavy atom. The molecule has 0 saturated heterocycles. The van der Waals surface area contributed by atoms with Gasteiger partial charge in [-0.05, 0) is 11.6 Å². The van der Waals surface area contributed by atoms with Crippen LogP contribution in [0.15, 0.2) is 17.0 Å². The summed E-state index contributed by atoms with van der Waals surface area (Å²) in [6.07, 6.45) is -2.62. The first-order valence-corrected chi connectivity index (χ1v) is 6.45. The van der Waals surface area contributed by atoms with Crippen molar-refractivity contribution < 1.29 is 43.0 Å². The molecule has 5 N–H and O–H groups in total. The van der Waals surface area contributed by atoms with Gasteiger partial charge in [-0.2, -0.15) is 8.42 Å². The quantitative estimate of drug-likeness (QED) is 0.344. The fraction of sp³-hybridized carbons (Fsp3) is 0.200. The van der Waals surface area contributed by atoms with E-state index in [2.05, 4.69) is 0 Å². The molecule has 0 saturated carbocycles. The SMILES string of the molecule is O=C(O)c1ccc(CC(O)O)c(C(=O)O)c1S(=O)(=O)O. The first-order chi connectivity index (χ1) is 9.05. The van der Waals surface area contributed by atoms with Crippen molar-refractivity contribution in [2.24, 2.45) is 0 Å². The predicted octanol–water partition coefficient (Wildman–Crippen LogP) is -0.817. The van der Waals surface area contributed by atoms with Gasteiger partial charge in [0, 0.05) is 6.42 Å². The van der Waals surface area contributed by atoms with Gasteiger partial charge in [0.25, 0.3) is 10.1 Å². The number of rotatable bonds is 5. The van der Waals surface area contributed by atoms with Gasteiger partial charge in [-0.25, -0.2) is 9.59 Å². The lowest BCUT2D eigenvalue weighted by atomic mass is 10.0. The van der Waals surface area contributed by atoms with Crippen molar-refractivity contribution in [3.05, 3.63) is 28.8 Å². The zero-order valence-corrected chi connectivity index (χ0v) is 10.5. The van der Waals surface area contributed by atoms with E-state index in [4.69, 9.17) is 25.0 Å². The van der Waals surface area contributed by atoms with Crippen molar-refractivity contribution in [3.63, 3.8) is 0 Å². The first-order valence-electron chi connectivity index (χ1n) is 5.01. The molecule has 0 bridgehead atoms. The van der Waals surface area contributed by atoms with Crippen LogP contribution in [0.25, 0.3) is 0 Å². The van der Waals surface area contributed by atoms with Crippen molar-refractivity contribution in [1.82, 2.24) is 0 Å². The fourth-order valence-corrected chi connectivity index (χ4v) is 2.57. The Bertz CT molecular complexity index is 660. The standard InChI is InChI=1S/C10H10O9S/c11-6(12)3-4-1-2-5(9(13)14)8(20(17,18)19)7(4)10(15)16/h1-2,6,11-12H,3H2,(H,13,14)(H,15,16)(H,17,18,19). The molecule has 0 heterocycles. The largest absolute Gasteiger partial charge is 0.478 e. The molecule has 0 aliphatic rings. The van der Waals surface area contributed by atoms with Crippen LogP contribution >= 0.6 is 0 Å². The molecule has 0 fully saturated rings. The van der Waals surface area contributed by atoms with Crippen molar-refractivity contribution >= 4 is 22.1 Å². The van der Waals surface area contributed by atoms with Gasteiger partial charge >= 0.3 is 11.9 Å². The summed E-state index contributed by atoms with van der Waals surface area (Å²) < 4.78 is 31.5. The average Bonchev–Trinajstić information content (AvgIpc) is 2.25. The summed E-state index contributed by atoms with van der Waals surface area (Å²) >= 11 is 0. The van der Waals surface area contributed by atoms with E-state index < -0.39 is 50.8 Å². The number of carboxylic acids is 2. The molecule has 110 valence electrons. The molecule has 10 heteroatoms. The topological polar surface area (TPSA) is 169 Å². The minimum absolute atomic E-state index is 0.342. The molecule has 0 radical (unpaired) electrons. The molecule has 1 rings (SSSR count). The maximum atomic E-state index is 11.2. The number of hydrogen-bond donors (Lipinski definition) is 5. The first kappa shape index (κ1) is 16.0. The molecular weight excluding hydrogens is 296 g/mol. The second kappa shape index (κ2) is 5.54. The molecule has 1 aromatic rings. The van der Waals surface area contributed by atoms with Crippen LogP contribution in [0.1, 0.15) is 26.3 Å². The van der Waals surface area contributed by atoms with Crippen molar-refractivity contribution in [2.45, 2.75) is 17.6 Å². The van der Waals surface area contributed by atoms with Gasteiger partial charge in [0.05, 0.1) is 11.1 Å². The van der Waals surface area contributed by atoms with Crippen molar-refractivity contribution in [1.29, 1.82) is 0 Å². The van der Waals surface area contributed by atoms with E-state index in [1.807, 2.05) is 0 Å². The van der Waals surface area contributed by atoms with Crippen LogP contribution in [-0.4, -0.2) is 51.6 Å². The molecule has 0 unspecified atom stereocenters. The molecule has 9 nitrogen and oxygen atoms in total. The molecule has 0 atom stereocenters. The number of hydrogen-bond acceptors (Lipinski definition) is 6. The van der Waals surface area contributed by atoms with Crippen LogP contribution in [0.3, 0.4) is 0 Å². The van der Waals surface area contributed by atoms with Crippen LogP contribution in [0.2, 0.25) is 0 Å². The number of benzene rings is 1. The monoisotopic (exact) mass is 306 g/mol. The maximum Gasteiger partial charge on any atom is 0.337 e. The van der Waals surface area contributed by atoms with Crippen molar-refractivity contribution in [3.8, 4) is 0 Å². The van der Waals surface area contributed by atoms with Crippen LogP contribution < -0.4 is 0 Å². The highest BCUT2D eigenvalue weighted by atomic mass is 32.2. The Kier molecular flexibility index (Phi) is 4.45. The average molecular weight is 306 g/mol. The highest BCUT2D eigenvalue weighted by Gasteiger charge is 2.30. The Morgan fingerprint density at radius 1 is 1.10 bits per heavy atom. The minimum Gasteiger partial charge on any atom is -0.478 e. The minimum atomic E-state index is -5.14. The summed E-state index contributed by atoms with van der Waals surface area (Å²) in [6.45, 7) is 0. The molecule has 1 aromatic carbocycles. The van der Waals surface area contributed by atoms with E-state index in [-0.39, 0.29) is 5.56 Å². The third-order valence-electron chi connectivity index (χ3n) is 2.35. The van der Waals surface area contributed by atoms with Gasteiger partial charge in [-0.3, -0.25) is 4.55 Å². The Hall–Kier alpha value is -2.01. The van der Waals surface area contributed by atoms with Crippen molar-refractivity contribution in [2.75, 3.05) is 0 Å². The zero-order chi connectivity index (χ0) is 15.7. The van der Waals surface area contributed by atoms with Crippen LogP contribution in [0.4, 0.5) is 0 Å². The summed E-state index contributed by atoms with van der Waals surface area (Å²) in [5.41, 5.74) is -2.29. The lowest BCUT2D eigenvalue weighted by molar-refractivity contribution is -0.0382. The molecule has 20 heavy (non-hydrogen) atoms. The highest BCUT2D eigenvalue weighted by Crippen LogP contribution is 2.25. The Labute approximate surface area is 112 Å². The van der Waals surface area contributed by atoms with E-state index in [0.717, 1.165) is 12.1 Å². The Morgan fingerprint density at radius 2 is 1.65 bits per heavy atom. The number of aliphatic hydroxyl groups excluding tert-OH is 1. The van der Waals surface area contributed by atoms with Gasteiger partial charge in [-0.15, -0.1) is 0 Å². The smallest absolute Gasteiger partial charge is 0.337 e. The maximum absolute atomic E-state index is 11.2. The number of carboxylic acid groups (broad SMARTS) is 2.